The summed E-state index contributed by atoms with van der Waals surface area (Å²) in [7, 11) is 0. The summed E-state index contributed by atoms with van der Waals surface area (Å²) in [5, 5.41) is 20.5. The van der Waals surface area contributed by atoms with Crippen LogP contribution in [-0.4, -0.2) is 28.4 Å². The Morgan fingerprint density at radius 1 is 1.25 bits per heavy atom. The number of nitro groups is 1. The highest BCUT2D eigenvalue weighted by molar-refractivity contribution is 9.10. The van der Waals surface area contributed by atoms with Gasteiger partial charge in [-0.05, 0) is 25.1 Å². The molecule has 0 spiro atoms. The number of ketones is 1. The summed E-state index contributed by atoms with van der Waals surface area (Å²) in [6.45, 7) is 0.966. The summed E-state index contributed by atoms with van der Waals surface area (Å²) < 4.78 is 5.43. The van der Waals surface area contributed by atoms with Crippen molar-refractivity contribution in [3.63, 3.8) is 0 Å². The van der Waals surface area contributed by atoms with Gasteiger partial charge in [0, 0.05) is 21.7 Å². The van der Waals surface area contributed by atoms with Gasteiger partial charge in [0.15, 0.2) is 6.61 Å². The molecule has 0 saturated carbocycles. The molecule has 124 valence electrons. The number of Topliss-reactive ketones (excluding diaryl/α,β-unsaturated/α-hetero) is 1. The van der Waals surface area contributed by atoms with E-state index in [-0.39, 0.29) is 22.6 Å². The van der Waals surface area contributed by atoms with Crippen LogP contribution >= 0.6 is 15.9 Å². The first-order chi connectivity index (χ1) is 11.3. The highest BCUT2D eigenvalue weighted by Gasteiger charge is 2.18. The number of hydrogen-bond acceptors (Lipinski definition) is 6. The lowest BCUT2D eigenvalue weighted by Crippen LogP contribution is -2.14. The van der Waals surface area contributed by atoms with Gasteiger partial charge in [-0.15, -0.1) is 0 Å². The van der Waals surface area contributed by atoms with Crippen LogP contribution in [0.2, 0.25) is 0 Å². The quantitative estimate of drug-likeness (QED) is 0.361. The minimum absolute atomic E-state index is 0.0681. The summed E-state index contributed by atoms with van der Waals surface area (Å²) in [5.41, 5.74) is 0.218. The third kappa shape index (κ3) is 3.96. The van der Waals surface area contributed by atoms with Crippen LogP contribution in [0.1, 0.15) is 26.3 Å². The molecule has 0 aliphatic carbocycles. The van der Waals surface area contributed by atoms with Gasteiger partial charge in [-0.1, -0.05) is 28.1 Å². The highest BCUT2D eigenvalue weighted by atomic mass is 79.9. The normalized spacial score (nSPS) is 10.2. The molecule has 8 heteroatoms. The van der Waals surface area contributed by atoms with Gasteiger partial charge in [0.05, 0.1) is 4.92 Å². The monoisotopic (exact) mass is 393 g/mol. The Morgan fingerprint density at radius 3 is 2.62 bits per heavy atom. The maximum absolute atomic E-state index is 12.0. The second-order valence-electron chi connectivity index (χ2n) is 4.92. The van der Waals surface area contributed by atoms with E-state index in [0.717, 1.165) is 6.07 Å². The van der Waals surface area contributed by atoms with Crippen molar-refractivity contribution in [1.29, 1.82) is 0 Å². The molecule has 2 aromatic rings. The molecule has 0 aromatic heterocycles. The second kappa shape index (κ2) is 7.22. The van der Waals surface area contributed by atoms with Crippen molar-refractivity contribution in [1.82, 2.24) is 0 Å². The minimum atomic E-state index is -0.872. The van der Waals surface area contributed by atoms with Crippen LogP contribution in [0, 0.1) is 17.0 Å². The Labute approximate surface area is 145 Å². The third-order valence-corrected chi connectivity index (χ3v) is 3.73. The number of benzene rings is 2. The number of nitrogens with zero attached hydrogens (tertiary/aromatic N) is 1. The van der Waals surface area contributed by atoms with E-state index in [0.29, 0.717) is 10.0 Å². The Bertz CT molecular complexity index is 833. The largest absolute Gasteiger partial charge is 0.507 e. The highest BCUT2D eigenvalue weighted by Crippen LogP contribution is 2.23. The lowest BCUT2D eigenvalue weighted by Gasteiger charge is -2.07. The zero-order valence-corrected chi connectivity index (χ0v) is 14.1. The molecule has 0 heterocycles. The van der Waals surface area contributed by atoms with Gasteiger partial charge in [0.25, 0.3) is 5.69 Å². The van der Waals surface area contributed by atoms with Crippen molar-refractivity contribution >= 4 is 33.4 Å². The number of nitro benzene ring substituents is 1. The molecular formula is C16H12BrNO6. The summed E-state index contributed by atoms with van der Waals surface area (Å²) in [5.74, 6) is -1.73. The number of aryl methyl sites for hydroxylation is 1. The number of esters is 1. The molecule has 0 amide bonds. The van der Waals surface area contributed by atoms with E-state index in [4.69, 9.17) is 4.74 Å². The molecular weight excluding hydrogens is 382 g/mol. The van der Waals surface area contributed by atoms with Gasteiger partial charge in [0.2, 0.25) is 5.78 Å². The average molecular weight is 394 g/mol. The number of phenolic OH excluding ortho intramolecular Hbond substituents is 1. The van der Waals surface area contributed by atoms with E-state index >= 15 is 0 Å². The number of halogens is 1. The fourth-order valence-corrected chi connectivity index (χ4v) is 2.30. The van der Waals surface area contributed by atoms with Gasteiger partial charge in [-0.3, -0.25) is 14.9 Å². The van der Waals surface area contributed by atoms with Crippen LogP contribution < -0.4 is 0 Å². The van der Waals surface area contributed by atoms with Crippen molar-refractivity contribution in [3.8, 4) is 5.75 Å². The van der Waals surface area contributed by atoms with Crippen LogP contribution in [-0.2, 0) is 4.74 Å². The number of rotatable bonds is 5. The van der Waals surface area contributed by atoms with E-state index < -0.39 is 23.3 Å². The summed E-state index contributed by atoms with van der Waals surface area (Å²) in [6.07, 6.45) is 0. The number of aromatic hydroxyl groups is 1. The molecule has 2 rings (SSSR count). The summed E-state index contributed by atoms with van der Waals surface area (Å²) in [6, 6.07) is 8.23. The lowest BCUT2D eigenvalue weighted by atomic mass is 10.1. The second-order valence-corrected chi connectivity index (χ2v) is 5.83. The number of ether oxygens (including phenoxy) is 1. The Balaban J connectivity index is 2.10. The first-order valence-corrected chi connectivity index (χ1v) is 7.53. The zero-order chi connectivity index (χ0) is 17.9. The smallest absolute Gasteiger partial charge is 0.342 e. The van der Waals surface area contributed by atoms with Gasteiger partial charge in [0.1, 0.15) is 11.3 Å². The van der Waals surface area contributed by atoms with Crippen LogP contribution in [0.4, 0.5) is 5.69 Å². The maximum Gasteiger partial charge on any atom is 0.342 e. The third-order valence-electron chi connectivity index (χ3n) is 3.24. The van der Waals surface area contributed by atoms with E-state index in [1.54, 1.807) is 13.0 Å². The average Bonchev–Trinajstić information content (AvgIpc) is 2.54. The topological polar surface area (TPSA) is 107 Å². The van der Waals surface area contributed by atoms with Crippen LogP contribution in [0.3, 0.4) is 0 Å². The Morgan fingerprint density at radius 2 is 1.96 bits per heavy atom. The van der Waals surface area contributed by atoms with Gasteiger partial charge < -0.3 is 9.84 Å². The number of hydrogen-bond donors (Lipinski definition) is 1. The van der Waals surface area contributed by atoms with Gasteiger partial charge >= 0.3 is 5.97 Å². The van der Waals surface area contributed by atoms with Crippen molar-refractivity contribution in [2.24, 2.45) is 0 Å². The number of carbonyl (C=O) groups is 2. The molecule has 0 bridgehead atoms. The van der Waals surface area contributed by atoms with Crippen LogP contribution in [0.15, 0.2) is 40.9 Å². The van der Waals surface area contributed by atoms with Crippen molar-refractivity contribution in [3.05, 3.63) is 67.7 Å². The number of phenols is 1. The minimum Gasteiger partial charge on any atom is -0.507 e. The van der Waals surface area contributed by atoms with E-state index in [9.17, 15) is 24.8 Å². The van der Waals surface area contributed by atoms with Gasteiger partial charge in [-0.2, -0.15) is 0 Å². The molecule has 2 aromatic carbocycles. The van der Waals surface area contributed by atoms with Crippen LogP contribution in [0.5, 0.6) is 5.75 Å². The number of carbonyl (C=O) groups excluding carboxylic acids is 2. The van der Waals surface area contributed by atoms with Crippen LogP contribution in [0.25, 0.3) is 0 Å². The van der Waals surface area contributed by atoms with E-state index in [1.165, 1.54) is 24.3 Å². The fourth-order valence-electron chi connectivity index (χ4n) is 1.94. The fraction of sp³-hybridized carbons (Fsp3) is 0.125. The molecule has 0 unspecified atom stereocenters. The first kappa shape index (κ1) is 17.6. The molecule has 0 atom stereocenters. The zero-order valence-electron chi connectivity index (χ0n) is 12.5. The molecule has 24 heavy (non-hydrogen) atoms. The molecule has 0 radical (unpaired) electrons. The van der Waals surface area contributed by atoms with Crippen molar-refractivity contribution < 1.29 is 24.4 Å². The predicted octanol–water partition coefficient (Wildman–Crippen LogP) is 3.41. The van der Waals surface area contributed by atoms with Crippen molar-refractivity contribution in [2.45, 2.75) is 6.92 Å². The summed E-state index contributed by atoms with van der Waals surface area (Å²) in [4.78, 5) is 34.3. The first-order valence-electron chi connectivity index (χ1n) is 6.73. The molecule has 7 nitrogen and oxygen atoms in total. The Kier molecular flexibility index (Phi) is 5.30. The molecule has 0 saturated heterocycles. The van der Waals surface area contributed by atoms with Gasteiger partial charge in [-0.25, -0.2) is 4.79 Å². The standard InChI is InChI=1S/C16H12BrNO6/c1-9-2-3-10(6-13(9)18(22)23)15(20)8-24-16(21)12-7-11(17)4-5-14(12)19/h2-7,19H,8H2,1H3. The van der Waals surface area contributed by atoms with E-state index in [1.807, 2.05) is 0 Å². The molecule has 0 aliphatic rings. The molecule has 0 fully saturated rings. The predicted molar refractivity (Wildman–Crippen MR) is 88.3 cm³/mol. The lowest BCUT2D eigenvalue weighted by molar-refractivity contribution is -0.385. The van der Waals surface area contributed by atoms with Crippen molar-refractivity contribution in [2.75, 3.05) is 6.61 Å². The molecule has 0 aliphatic heterocycles. The maximum atomic E-state index is 12.0. The Hall–Kier alpha value is -2.74. The summed E-state index contributed by atoms with van der Waals surface area (Å²) >= 11 is 3.16. The van der Waals surface area contributed by atoms with E-state index in [2.05, 4.69) is 15.9 Å². The SMILES string of the molecule is Cc1ccc(C(=O)COC(=O)c2cc(Br)ccc2O)cc1[N+](=O)[O-]. The molecule has 1 N–H and O–H groups in total.